The van der Waals surface area contributed by atoms with Gasteiger partial charge in [0.25, 0.3) is 0 Å². The second-order valence-electron chi connectivity index (χ2n) is 5.54. The summed E-state index contributed by atoms with van der Waals surface area (Å²) >= 11 is 0. The number of hydrogen-bond acceptors (Lipinski definition) is 1. The first-order valence-electron chi connectivity index (χ1n) is 8.17. The van der Waals surface area contributed by atoms with Crippen LogP contribution in [-0.4, -0.2) is 6.54 Å². The van der Waals surface area contributed by atoms with Crippen LogP contribution in [0.2, 0.25) is 0 Å². The summed E-state index contributed by atoms with van der Waals surface area (Å²) in [5.41, 5.74) is 5.77. The van der Waals surface area contributed by atoms with Gasteiger partial charge in [0, 0.05) is 6.04 Å². The number of hydrogen-bond donors (Lipinski definition) is 1. The van der Waals surface area contributed by atoms with Crippen LogP contribution < -0.4 is 5.32 Å². The minimum Gasteiger partial charge on any atom is -0.310 e. The SMILES string of the molecule is CCNC(Cc1ccccc1)c1cc(CC)ccc1CC. The molecule has 0 heterocycles. The highest BCUT2D eigenvalue weighted by atomic mass is 14.9. The smallest absolute Gasteiger partial charge is 0.0363 e. The fraction of sp³-hybridized carbons (Fsp3) is 0.400. The Morgan fingerprint density at radius 3 is 2.24 bits per heavy atom. The summed E-state index contributed by atoms with van der Waals surface area (Å²) in [6.45, 7) is 7.66. The molecule has 0 saturated heterocycles. The van der Waals surface area contributed by atoms with Gasteiger partial charge in [-0.1, -0.05) is 69.3 Å². The van der Waals surface area contributed by atoms with Crippen LogP contribution >= 0.6 is 0 Å². The molecule has 0 aliphatic heterocycles. The van der Waals surface area contributed by atoms with Crippen LogP contribution in [0.1, 0.15) is 49.1 Å². The van der Waals surface area contributed by atoms with Gasteiger partial charge in [-0.2, -0.15) is 0 Å². The minimum absolute atomic E-state index is 0.402. The van der Waals surface area contributed by atoms with Gasteiger partial charge in [-0.15, -0.1) is 0 Å². The van der Waals surface area contributed by atoms with E-state index in [0.717, 1.165) is 25.8 Å². The molecular weight excluding hydrogens is 254 g/mol. The average molecular weight is 281 g/mol. The molecule has 1 N–H and O–H groups in total. The van der Waals surface area contributed by atoms with Crippen molar-refractivity contribution < 1.29 is 0 Å². The van der Waals surface area contributed by atoms with Crippen molar-refractivity contribution in [2.24, 2.45) is 0 Å². The Morgan fingerprint density at radius 1 is 0.857 bits per heavy atom. The Hall–Kier alpha value is -1.60. The van der Waals surface area contributed by atoms with Gasteiger partial charge in [0.1, 0.15) is 0 Å². The average Bonchev–Trinajstić information content (AvgIpc) is 2.55. The normalized spacial score (nSPS) is 12.3. The molecule has 0 radical (unpaired) electrons. The van der Waals surface area contributed by atoms with E-state index < -0.39 is 0 Å². The van der Waals surface area contributed by atoms with Crippen LogP contribution in [0.15, 0.2) is 48.5 Å². The van der Waals surface area contributed by atoms with E-state index in [4.69, 9.17) is 0 Å². The zero-order valence-electron chi connectivity index (χ0n) is 13.5. The second kappa shape index (κ2) is 7.99. The van der Waals surface area contributed by atoms with Crippen LogP contribution in [0.5, 0.6) is 0 Å². The monoisotopic (exact) mass is 281 g/mol. The standard InChI is InChI=1S/C20H27N/c1-4-16-12-13-18(5-2)19(14-16)20(21-6-3)15-17-10-8-7-9-11-17/h7-14,20-21H,4-6,15H2,1-3H3. The van der Waals surface area contributed by atoms with E-state index in [9.17, 15) is 0 Å². The van der Waals surface area contributed by atoms with Crippen molar-refractivity contribution in [3.05, 3.63) is 70.8 Å². The van der Waals surface area contributed by atoms with E-state index in [2.05, 4.69) is 74.6 Å². The topological polar surface area (TPSA) is 12.0 Å². The maximum Gasteiger partial charge on any atom is 0.0363 e. The van der Waals surface area contributed by atoms with Gasteiger partial charge in [-0.3, -0.25) is 0 Å². The molecule has 2 rings (SSSR count). The highest BCUT2D eigenvalue weighted by Gasteiger charge is 2.15. The molecule has 0 saturated carbocycles. The molecule has 112 valence electrons. The Kier molecular flexibility index (Phi) is 6.01. The van der Waals surface area contributed by atoms with Gasteiger partial charge in [-0.25, -0.2) is 0 Å². The summed E-state index contributed by atoms with van der Waals surface area (Å²) in [6, 6.07) is 18.2. The summed E-state index contributed by atoms with van der Waals surface area (Å²) < 4.78 is 0. The molecule has 0 aliphatic carbocycles. The van der Waals surface area contributed by atoms with E-state index >= 15 is 0 Å². The lowest BCUT2D eigenvalue weighted by molar-refractivity contribution is 0.545. The largest absolute Gasteiger partial charge is 0.310 e. The third-order valence-corrected chi connectivity index (χ3v) is 4.11. The van der Waals surface area contributed by atoms with Crippen LogP contribution in [0, 0.1) is 0 Å². The predicted molar refractivity (Wildman–Crippen MR) is 91.8 cm³/mol. The van der Waals surface area contributed by atoms with Crippen LogP contribution in [-0.2, 0) is 19.3 Å². The predicted octanol–water partition coefficient (Wildman–Crippen LogP) is 4.70. The van der Waals surface area contributed by atoms with E-state index in [1.54, 1.807) is 0 Å². The third-order valence-electron chi connectivity index (χ3n) is 4.11. The lowest BCUT2D eigenvalue weighted by atomic mass is 9.91. The third kappa shape index (κ3) is 4.18. The molecule has 0 aromatic heterocycles. The van der Waals surface area contributed by atoms with Crippen LogP contribution in [0.4, 0.5) is 0 Å². The van der Waals surface area contributed by atoms with E-state index in [-0.39, 0.29) is 0 Å². The Labute approximate surface area is 129 Å². The Morgan fingerprint density at radius 2 is 1.62 bits per heavy atom. The van der Waals surface area contributed by atoms with Crippen molar-refractivity contribution in [1.82, 2.24) is 5.32 Å². The molecule has 0 spiro atoms. The Balaban J connectivity index is 2.32. The summed E-state index contributed by atoms with van der Waals surface area (Å²) in [7, 11) is 0. The lowest BCUT2D eigenvalue weighted by Gasteiger charge is -2.22. The molecular formula is C20H27N. The molecule has 1 nitrogen and oxygen atoms in total. The first-order valence-corrected chi connectivity index (χ1v) is 8.17. The van der Waals surface area contributed by atoms with Gasteiger partial charge in [-0.05, 0) is 48.1 Å². The van der Waals surface area contributed by atoms with E-state index in [1.165, 1.54) is 22.3 Å². The van der Waals surface area contributed by atoms with Crippen molar-refractivity contribution >= 4 is 0 Å². The fourth-order valence-corrected chi connectivity index (χ4v) is 2.90. The zero-order chi connectivity index (χ0) is 15.1. The lowest BCUT2D eigenvalue weighted by Crippen LogP contribution is -2.24. The number of nitrogens with one attached hydrogen (secondary N) is 1. The van der Waals surface area contributed by atoms with E-state index in [1.807, 2.05) is 0 Å². The maximum atomic E-state index is 3.67. The summed E-state index contributed by atoms with van der Waals surface area (Å²) in [5.74, 6) is 0. The molecule has 1 heteroatoms. The molecule has 1 unspecified atom stereocenters. The number of likely N-dealkylation sites (N-methyl/N-ethyl adjacent to an activating group) is 1. The quantitative estimate of drug-likeness (QED) is 0.775. The first kappa shape index (κ1) is 15.8. The summed E-state index contributed by atoms with van der Waals surface area (Å²) in [4.78, 5) is 0. The molecule has 0 amide bonds. The molecule has 2 aromatic carbocycles. The van der Waals surface area contributed by atoms with Gasteiger partial charge >= 0.3 is 0 Å². The summed E-state index contributed by atoms with van der Waals surface area (Å²) in [6.07, 6.45) is 3.24. The number of rotatable bonds is 7. The first-order chi connectivity index (χ1) is 10.3. The summed E-state index contributed by atoms with van der Waals surface area (Å²) in [5, 5.41) is 3.67. The molecule has 2 aromatic rings. The number of benzene rings is 2. The van der Waals surface area contributed by atoms with Crippen molar-refractivity contribution in [1.29, 1.82) is 0 Å². The maximum absolute atomic E-state index is 3.67. The van der Waals surface area contributed by atoms with Crippen molar-refractivity contribution in [2.45, 2.75) is 46.1 Å². The highest BCUT2D eigenvalue weighted by molar-refractivity contribution is 5.36. The molecule has 0 bridgehead atoms. The molecule has 0 fully saturated rings. The van der Waals surface area contributed by atoms with Crippen LogP contribution in [0.25, 0.3) is 0 Å². The second-order valence-corrected chi connectivity index (χ2v) is 5.54. The van der Waals surface area contributed by atoms with Gasteiger partial charge in [0.2, 0.25) is 0 Å². The van der Waals surface area contributed by atoms with E-state index in [0.29, 0.717) is 6.04 Å². The van der Waals surface area contributed by atoms with Gasteiger partial charge in [0.05, 0.1) is 0 Å². The van der Waals surface area contributed by atoms with Gasteiger partial charge < -0.3 is 5.32 Å². The molecule has 21 heavy (non-hydrogen) atoms. The zero-order valence-corrected chi connectivity index (χ0v) is 13.5. The van der Waals surface area contributed by atoms with Gasteiger partial charge in [0.15, 0.2) is 0 Å². The fourth-order valence-electron chi connectivity index (χ4n) is 2.90. The molecule has 0 aliphatic rings. The highest BCUT2D eigenvalue weighted by Crippen LogP contribution is 2.24. The Bertz CT molecular complexity index is 545. The molecule has 1 atom stereocenters. The van der Waals surface area contributed by atoms with Crippen molar-refractivity contribution in [3.8, 4) is 0 Å². The van der Waals surface area contributed by atoms with Crippen LogP contribution in [0.3, 0.4) is 0 Å². The number of aryl methyl sites for hydroxylation is 2. The van der Waals surface area contributed by atoms with Crippen molar-refractivity contribution in [2.75, 3.05) is 6.54 Å². The van der Waals surface area contributed by atoms with Crippen molar-refractivity contribution in [3.63, 3.8) is 0 Å². The minimum atomic E-state index is 0.402.